The summed E-state index contributed by atoms with van der Waals surface area (Å²) in [5.41, 5.74) is 6.38. The van der Waals surface area contributed by atoms with Gasteiger partial charge in [0.2, 0.25) is 76.8 Å². The molecule has 656 valence electrons. The molecule has 4 unspecified atom stereocenters. The zero-order valence-electron chi connectivity index (χ0n) is 68.7. The second-order valence-corrected chi connectivity index (χ2v) is 35.6. The molecule has 1 aromatic rings. The molecular formula is C79H129N17O19S2. The van der Waals surface area contributed by atoms with Gasteiger partial charge in [-0.3, -0.25) is 67.1 Å². The van der Waals surface area contributed by atoms with Crippen molar-refractivity contribution in [2.45, 2.75) is 304 Å². The summed E-state index contributed by atoms with van der Waals surface area (Å²) in [6.45, 7) is 14.0. The normalized spacial score (nSPS) is 32.3. The van der Waals surface area contributed by atoms with Crippen molar-refractivity contribution < 1.29 is 92.7 Å². The van der Waals surface area contributed by atoms with Gasteiger partial charge in [-0.2, -0.15) is 23.5 Å². The summed E-state index contributed by atoms with van der Waals surface area (Å²) in [7, 11) is 0. The number of nitrogens with one attached hydrogen (secondary N) is 16. The molecule has 36 nitrogen and oxygen atoms in total. The molecule has 3 saturated heterocycles. The van der Waals surface area contributed by atoms with Gasteiger partial charge >= 0.3 is 5.97 Å². The van der Waals surface area contributed by atoms with Crippen LogP contribution in [0.25, 0.3) is 0 Å². The Morgan fingerprint density at radius 1 is 0.530 bits per heavy atom. The van der Waals surface area contributed by atoms with Gasteiger partial charge in [-0.05, 0) is 176 Å². The monoisotopic (exact) mass is 1680 g/mol. The standard InChI is InChI=1S/C79H129N17O19S2/c1-9-13-53-68(105)88-55(26-27-62(102)103)69(106)89-56(30-44-18-22-50(100)23-19-44)71(108)87-54(14-10-2)70(107)94-64(42(4)98)77(114)93-60(66(80)104)38-116-36-46-15-11-16-47(29-46)37-117-39-61(85-43(5)99)75(112)96-65(79(6,7)8)78(115)92-57(31-45-20-24-51(101)25-21-45)72(109)90-59(33-49-35-81-40-84-49)74(111)95-63(41(3)97)76(113)91-58(73(110)86-53)32-48-34-83-67-52(48)17-12-28-82-67/h11,15-16,29,41-42,44-45,48-61,63-65,67,81-84,97-98,100-101H,9-10,12-14,17-28,30-40H2,1-8H3,(H2,80,104)(H,85,99)(H,86,110)(H,87,108)(H,88,105)(H,89,106)(H,90,109)(H,91,113)(H,92,115)(H,93,114)(H,94,107)(H,95,111)(H,96,112)(H,102,103)/t41-,42-,44?,45?,48?,49?,50?,51?,52?,53+,54+,55+,56+,57+,58+,59+,60+,61+,63+,64+,65-,67?/m1/s1. The van der Waals surface area contributed by atoms with E-state index in [1.54, 1.807) is 40.7 Å². The maximum atomic E-state index is 15.2. The first kappa shape index (κ1) is 96.3. The van der Waals surface area contributed by atoms with Gasteiger partial charge in [-0.1, -0.05) is 71.7 Å². The van der Waals surface area contributed by atoms with Crippen molar-refractivity contribution in [2.24, 2.45) is 34.8 Å². The molecule has 13 amide bonds. The van der Waals surface area contributed by atoms with Gasteiger partial charge in [0.05, 0.1) is 30.6 Å². The van der Waals surface area contributed by atoms with Crippen LogP contribution in [0.15, 0.2) is 24.3 Å². The number of carbonyl (C=O) groups excluding carboxylic acids is 13. The highest BCUT2D eigenvalue weighted by molar-refractivity contribution is 7.98. The van der Waals surface area contributed by atoms with E-state index < -0.39 is 204 Å². The molecule has 0 radical (unpaired) electrons. The largest absolute Gasteiger partial charge is 0.481 e. The van der Waals surface area contributed by atoms with E-state index in [-0.39, 0.29) is 92.7 Å². The van der Waals surface area contributed by atoms with Crippen molar-refractivity contribution in [2.75, 3.05) is 37.8 Å². The molecule has 7 rings (SSSR count). The van der Waals surface area contributed by atoms with Gasteiger partial charge in [0.25, 0.3) is 0 Å². The van der Waals surface area contributed by atoms with E-state index in [0.717, 1.165) is 30.5 Å². The van der Waals surface area contributed by atoms with Gasteiger partial charge in [0.1, 0.15) is 72.5 Å². The molecule has 1 aromatic carbocycles. The van der Waals surface area contributed by atoms with Gasteiger partial charge in [-0.15, -0.1) is 0 Å². The van der Waals surface area contributed by atoms with E-state index in [1.165, 1.54) is 44.3 Å². The molecule has 18 atom stereocenters. The van der Waals surface area contributed by atoms with Gasteiger partial charge in [-0.25, -0.2) is 0 Å². The molecule has 0 aromatic heterocycles. The molecule has 0 spiro atoms. The molecule has 5 fully saturated rings. The summed E-state index contributed by atoms with van der Waals surface area (Å²) in [6, 6.07) is -10.8. The average molecular weight is 1690 g/mol. The average Bonchev–Trinajstić information content (AvgIpc) is 1.58. The van der Waals surface area contributed by atoms with E-state index in [2.05, 4.69) is 85.1 Å². The Bertz CT molecular complexity index is 3540. The van der Waals surface area contributed by atoms with E-state index in [1.807, 2.05) is 18.2 Å². The van der Waals surface area contributed by atoms with Crippen LogP contribution in [0.3, 0.4) is 0 Å². The highest BCUT2D eigenvalue weighted by atomic mass is 32.2. The minimum atomic E-state index is -1.81. The van der Waals surface area contributed by atoms with Crippen molar-refractivity contribution >= 4 is 106 Å². The molecule has 2 aliphatic carbocycles. The number of carboxylic acid groups (broad SMARTS) is 1. The highest BCUT2D eigenvalue weighted by Crippen LogP contribution is 2.34. The maximum absolute atomic E-state index is 15.2. The minimum absolute atomic E-state index is 0.0225. The third-order valence-corrected chi connectivity index (χ3v) is 24.9. The number of fused-ring (bicyclic) bond motifs is 3. The number of piperidine rings is 1. The summed E-state index contributed by atoms with van der Waals surface area (Å²) in [4.78, 5) is 201. The number of carboxylic acids is 1. The van der Waals surface area contributed by atoms with Crippen LogP contribution in [0.5, 0.6) is 0 Å². The Labute approximate surface area is 693 Å². The Kier molecular flexibility index (Phi) is 38.9. The Hall–Kier alpha value is -7.82. The Balaban J connectivity index is 1.25. The first-order valence-corrected chi connectivity index (χ1v) is 43.8. The maximum Gasteiger partial charge on any atom is 0.303 e. The predicted molar refractivity (Wildman–Crippen MR) is 437 cm³/mol. The zero-order valence-corrected chi connectivity index (χ0v) is 70.3. The number of aliphatic hydroxyl groups excluding tert-OH is 4. The van der Waals surface area contributed by atoms with Crippen molar-refractivity contribution in [1.29, 1.82) is 0 Å². The summed E-state index contributed by atoms with van der Waals surface area (Å²) in [5.74, 6) is -13.0. The summed E-state index contributed by atoms with van der Waals surface area (Å²) >= 11 is 2.53. The quantitative estimate of drug-likeness (QED) is 0.0680. The van der Waals surface area contributed by atoms with Crippen LogP contribution in [0.1, 0.15) is 195 Å². The third-order valence-electron chi connectivity index (χ3n) is 22.7. The zero-order chi connectivity index (χ0) is 85.8. The van der Waals surface area contributed by atoms with Crippen LogP contribution in [0, 0.1) is 29.1 Å². The van der Waals surface area contributed by atoms with E-state index in [0.29, 0.717) is 82.6 Å². The number of primary amides is 1. The molecule has 4 aliphatic heterocycles. The first-order valence-electron chi connectivity index (χ1n) is 41.5. The van der Waals surface area contributed by atoms with E-state index >= 15 is 19.2 Å². The fraction of sp³-hybridized carbons (Fsp3) is 0.747. The lowest BCUT2D eigenvalue weighted by atomic mass is 9.82. The lowest BCUT2D eigenvalue weighted by Crippen LogP contribution is -2.63. The van der Waals surface area contributed by atoms with Crippen LogP contribution in [-0.4, -0.2) is 255 Å². The number of benzene rings is 1. The molecule has 6 aliphatic rings. The topological polar surface area (TPSA) is 559 Å². The summed E-state index contributed by atoms with van der Waals surface area (Å²) in [6.07, 6.45) is -0.660. The molecular weight excluding hydrogens is 1560 g/mol. The Morgan fingerprint density at radius 3 is 1.46 bits per heavy atom. The SMILES string of the molecule is CCC[C@@H]1NC(=O)[C@H](CC2CNC3NCCCC23)NC(=O)[C@H]([C@@H](C)O)NC(=O)[C@H](CC2CNCN2)NC(=O)[C@H](CC2CCC(O)CC2)NC(=O)[C@H](C(C)(C)C)NC(=O)[C@@H](NC(C)=O)CSCc2cccc(c2)CSC[C@@H](C(N)=O)NC(=O)[C@H]([C@@H](C)O)NC(=O)[C@H](CCC)NC(=O)[C@H](CC2CCC(O)CC2)NC(=O)[C@H](CCC(=O)O)NC1=O. The fourth-order valence-electron chi connectivity index (χ4n) is 16.0. The number of aliphatic carboxylic acids is 1. The number of aliphatic hydroxyl groups is 4. The minimum Gasteiger partial charge on any atom is -0.481 e. The summed E-state index contributed by atoms with van der Waals surface area (Å²) in [5, 5.41) is 99.3. The van der Waals surface area contributed by atoms with Crippen LogP contribution in [0.4, 0.5) is 0 Å². The van der Waals surface area contributed by atoms with Crippen molar-refractivity contribution in [3.05, 3.63) is 35.4 Å². The third kappa shape index (κ3) is 31.1. The molecule has 38 heteroatoms. The predicted octanol–water partition coefficient (Wildman–Crippen LogP) is -2.51. The number of nitrogens with two attached hydrogens (primary N) is 1. The van der Waals surface area contributed by atoms with E-state index in [4.69, 9.17) is 5.73 Å². The highest BCUT2D eigenvalue weighted by Gasteiger charge is 2.45. The number of hydrogen-bond donors (Lipinski definition) is 22. The number of rotatable bonds is 19. The molecule has 2 bridgehead atoms. The first-order chi connectivity index (χ1) is 55.5. The van der Waals surface area contributed by atoms with E-state index in [9.17, 15) is 73.5 Å². The number of thioether (sulfide) groups is 2. The second-order valence-electron chi connectivity index (χ2n) is 33.5. The molecule has 2 saturated carbocycles. The van der Waals surface area contributed by atoms with Crippen LogP contribution in [-0.2, 0) is 78.6 Å². The van der Waals surface area contributed by atoms with Crippen molar-refractivity contribution in [3.8, 4) is 0 Å². The number of carbonyl (C=O) groups is 14. The molecule has 117 heavy (non-hydrogen) atoms. The van der Waals surface area contributed by atoms with Gasteiger partial charge in [0.15, 0.2) is 0 Å². The molecule has 4 heterocycles. The lowest BCUT2D eigenvalue weighted by molar-refractivity contribution is -0.139. The lowest BCUT2D eigenvalue weighted by Gasteiger charge is -2.34. The fourth-order valence-corrected chi connectivity index (χ4v) is 18.0. The second kappa shape index (κ2) is 47.2. The summed E-state index contributed by atoms with van der Waals surface area (Å²) < 4.78 is 0. The van der Waals surface area contributed by atoms with Crippen molar-refractivity contribution in [1.82, 2.24) is 85.1 Å². The van der Waals surface area contributed by atoms with Crippen LogP contribution < -0.4 is 90.8 Å². The van der Waals surface area contributed by atoms with Crippen LogP contribution >= 0.6 is 23.5 Å². The van der Waals surface area contributed by atoms with Gasteiger partial charge in [0, 0.05) is 55.6 Å². The van der Waals surface area contributed by atoms with Crippen LogP contribution in [0.2, 0.25) is 0 Å². The smallest absolute Gasteiger partial charge is 0.303 e. The Morgan fingerprint density at radius 2 is 0.983 bits per heavy atom. The van der Waals surface area contributed by atoms with Crippen molar-refractivity contribution in [3.63, 3.8) is 0 Å². The van der Waals surface area contributed by atoms with Gasteiger partial charge < -0.3 is 116 Å². The number of amides is 13. The number of hydrogen-bond acceptors (Lipinski definition) is 24. The molecule has 23 N–H and O–H groups in total.